The van der Waals surface area contributed by atoms with E-state index in [0.717, 1.165) is 28.5 Å². The first-order chi connectivity index (χ1) is 13.2. The number of nitrogens with one attached hydrogen (secondary N) is 1. The van der Waals surface area contributed by atoms with Gasteiger partial charge in [0.2, 0.25) is 0 Å². The molecule has 0 fully saturated rings. The lowest BCUT2D eigenvalue weighted by Gasteiger charge is -2.25. The number of ether oxygens (including phenoxy) is 2. The summed E-state index contributed by atoms with van der Waals surface area (Å²) in [5.41, 5.74) is 2.00. The molecule has 27 heavy (non-hydrogen) atoms. The minimum atomic E-state index is 0.562. The van der Waals surface area contributed by atoms with Crippen molar-refractivity contribution in [1.82, 2.24) is 4.90 Å². The summed E-state index contributed by atoms with van der Waals surface area (Å²) in [6, 6.07) is 19.4. The van der Waals surface area contributed by atoms with Crippen molar-refractivity contribution in [2.75, 3.05) is 19.5 Å². The molecule has 0 aliphatic rings. The first-order valence-corrected chi connectivity index (χ1v) is 8.94. The SMILES string of the molecule is COc1ccc(NC(=S)N(Cc2cccc(OC)c2)Cc2ccco2)cc1. The Morgan fingerprint density at radius 2 is 1.74 bits per heavy atom. The van der Waals surface area contributed by atoms with Crippen LogP contribution in [-0.4, -0.2) is 24.2 Å². The molecule has 0 bridgehead atoms. The van der Waals surface area contributed by atoms with Crippen LogP contribution < -0.4 is 14.8 Å². The van der Waals surface area contributed by atoms with Gasteiger partial charge in [0.25, 0.3) is 0 Å². The molecule has 6 heteroatoms. The first kappa shape index (κ1) is 18.8. The molecule has 140 valence electrons. The molecule has 0 spiro atoms. The van der Waals surface area contributed by atoms with Crippen LogP contribution in [0.3, 0.4) is 0 Å². The van der Waals surface area contributed by atoms with Gasteiger partial charge in [0.05, 0.1) is 27.0 Å². The van der Waals surface area contributed by atoms with Crippen molar-refractivity contribution in [3.63, 3.8) is 0 Å². The number of benzene rings is 2. The van der Waals surface area contributed by atoms with Gasteiger partial charge in [-0.05, 0) is 66.3 Å². The number of hydrogen-bond donors (Lipinski definition) is 1. The Bertz CT molecular complexity index is 863. The molecule has 0 saturated carbocycles. The maximum absolute atomic E-state index is 5.66. The topological polar surface area (TPSA) is 46.9 Å². The van der Waals surface area contributed by atoms with Gasteiger partial charge in [-0.15, -0.1) is 0 Å². The lowest BCUT2D eigenvalue weighted by Crippen LogP contribution is -2.33. The molecular formula is C21H22N2O3S. The second-order valence-corrected chi connectivity index (χ2v) is 6.33. The van der Waals surface area contributed by atoms with Crippen molar-refractivity contribution < 1.29 is 13.9 Å². The second kappa shape index (κ2) is 9.09. The fraction of sp³-hybridized carbons (Fsp3) is 0.190. The molecule has 1 N–H and O–H groups in total. The molecule has 0 unspecified atom stereocenters. The Morgan fingerprint density at radius 3 is 2.41 bits per heavy atom. The average molecular weight is 382 g/mol. The molecule has 3 rings (SSSR count). The van der Waals surface area contributed by atoms with Gasteiger partial charge in [0, 0.05) is 12.2 Å². The molecule has 0 radical (unpaired) electrons. The summed E-state index contributed by atoms with van der Waals surface area (Å²) in [5, 5.41) is 3.89. The standard InChI is InChI=1S/C21H22N2O3S/c1-24-18-10-8-17(9-11-18)22-21(27)23(15-20-7-4-12-26-20)14-16-5-3-6-19(13-16)25-2/h3-13H,14-15H2,1-2H3,(H,22,27). The molecule has 5 nitrogen and oxygen atoms in total. The lowest BCUT2D eigenvalue weighted by molar-refractivity contribution is 0.359. The zero-order valence-electron chi connectivity index (χ0n) is 15.3. The van der Waals surface area contributed by atoms with Crippen LogP contribution in [-0.2, 0) is 13.1 Å². The maximum atomic E-state index is 5.66. The first-order valence-electron chi connectivity index (χ1n) is 8.53. The van der Waals surface area contributed by atoms with Crippen LogP contribution in [0.25, 0.3) is 0 Å². The molecule has 0 atom stereocenters. The van der Waals surface area contributed by atoms with Crippen LogP contribution in [0.2, 0.25) is 0 Å². The van der Waals surface area contributed by atoms with Crippen molar-refractivity contribution >= 4 is 23.0 Å². The van der Waals surface area contributed by atoms with Crippen LogP contribution >= 0.6 is 12.2 Å². The Labute approximate surface area is 164 Å². The van der Waals surface area contributed by atoms with E-state index in [1.54, 1.807) is 20.5 Å². The molecule has 1 aromatic heterocycles. The minimum absolute atomic E-state index is 0.562. The number of nitrogens with zero attached hydrogens (tertiary/aromatic N) is 1. The molecule has 2 aromatic carbocycles. The van der Waals surface area contributed by atoms with E-state index in [1.165, 1.54) is 0 Å². The fourth-order valence-corrected chi connectivity index (χ4v) is 2.91. The monoisotopic (exact) mass is 382 g/mol. The quantitative estimate of drug-likeness (QED) is 0.598. The summed E-state index contributed by atoms with van der Waals surface area (Å²) < 4.78 is 16.0. The van der Waals surface area contributed by atoms with Gasteiger partial charge in [0.1, 0.15) is 17.3 Å². The summed E-state index contributed by atoms with van der Waals surface area (Å²) in [7, 11) is 3.31. The highest BCUT2D eigenvalue weighted by Crippen LogP contribution is 2.19. The van der Waals surface area contributed by atoms with Crippen LogP contribution in [0.1, 0.15) is 11.3 Å². The van der Waals surface area contributed by atoms with E-state index in [-0.39, 0.29) is 0 Å². The zero-order chi connectivity index (χ0) is 19.1. The smallest absolute Gasteiger partial charge is 0.174 e. The van der Waals surface area contributed by atoms with Crippen molar-refractivity contribution in [2.24, 2.45) is 0 Å². The van der Waals surface area contributed by atoms with E-state index in [4.69, 9.17) is 26.1 Å². The van der Waals surface area contributed by atoms with Gasteiger partial charge in [-0.25, -0.2) is 0 Å². The van der Waals surface area contributed by atoms with E-state index in [9.17, 15) is 0 Å². The number of anilines is 1. The average Bonchev–Trinajstić information content (AvgIpc) is 3.21. The Hall–Kier alpha value is -2.99. The Balaban J connectivity index is 1.76. The highest BCUT2D eigenvalue weighted by Gasteiger charge is 2.14. The van der Waals surface area contributed by atoms with E-state index in [2.05, 4.69) is 5.32 Å². The highest BCUT2D eigenvalue weighted by molar-refractivity contribution is 7.80. The summed E-state index contributed by atoms with van der Waals surface area (Å²) in [5.74, 6) is 2.46. The molecule has 3 aromatic rings. The van der Waals surface area contributed by atoms with Crippen LogP contribution in [0, 0.1) is 0 Å². The molecular weight excluding hydrogens is 360 g/mol. The van der Waals surface area contributed by atoms with Gasteiger partial charge < -0.3 is 24.1 Å². The van der Waals surface area contributed by atoms with E-state index in [1.807, 2.05) is 65.6 Å². The summed E-state index contributed by atoms with van der Waals surface area (Å²) >= 11 is 5.66. The van der Waals surface area contributed by atoms with Crippen LogP contribution in [0.5, 0.6) is 11.5 Å². The normalized spacial score (nSPS) is 10.3. The molecule has 1 heterocycles. The minimum Gasteiger partial charge on any atom is -0.497 e. The lowest BCUT2D eigenvalue weighted by atomic mass is 10.2. The van der Waals surface area contributed by atoms with Gasteiger partial charge in [-0.1, -0.05) is 12.1 Å². The number of hydrogen-bond acceptors (Lipinski definition) is 4. The number of furan rings is 1. The van der Waals surface area contributed by atoms with E-state index < -0.39 is 0 Å². The van der Waals surface area contributed by atoms with Crippen molar-refractivity contribution in [3.05, 3.63) is 78.3 Å². The number of rotatable bonds is 7. The molecule has 0 aliphatic heterocycles. The summed E-state index contributed by atoms with van der Waals surface area (Å²) in [4.78, 5) is 2.05. The second-order valence-electron chi connectivity index (χ2n) is 5.95. The third-order valence-electron chi connectivity index (χ3n) is 4.06. The fourth-order valence-electron chi connectivity index (χ4n) is 2.66. The van der Waals surface area contributed by atoms with Gasteiger partial charge in [0.15, 0.2) is 5.11 Å². The molecule has 0 aliphatic carbocycles. The molecule has 0 saturated heterocycles. The van der Waals surface area contributed by atoms with Gasteiger partial charge in [-0.3, -0.25) is 0 Å². The van der Waals surface area contributed by atoms with Crippen LogP contribution in [0.15, 0.2) is 71.3 Å². The Kier molecular flexibility index (Phi) is 6.33. The van der Waals surface area contributed by atoms with Gasteiger partial charge in [-0.2, -0.15) is 0 Å². The van der Waals surface area contributed by atoms with Crippen molar-refractivity contribution in [1.29, 1.82) is 0 Å². The van der Waals surface area contributed by atoms with Crippen molar-refractivity contribution in [3.8, 4) is 11.5 Å². The third-order valence-corrected chi connectivity index (χ3v) is 4.42. The van der Waals surface area contributed by atoms with Gasteiger partial charge >= 0.3 is 0 Å². The number of methoxy groups -OCH3 is 2. The maximum Gasteiger partial charge on any atom is 0.174 e. The number of thiocarbonyl (C=S) groups is 1. The largest absolute Gasteiger partial charge is 0.497 e. The molecule has 0 amide bonds. The third kappa shape index (κ3) is 5.24. The predicted octanol–water partition coefficient (Wildman–Crippen LogP) is 4.70. The highest BCUT2D eigenvalue weighted by atomic mass is 32.1. The summed E-state index contributed by atoms with van der Waals surface area (Å²) in [6.07, 6.45) is 1.67. The Morgan fingerprint density at radius 1 is 0.963 bits per heavy atom. The van der Waals surface area contributed by atoms with Crippen LogP contribution in [0.4, 0.5) is 5.69 Å². The predicted molar refractivity (Wildman–Crippen MR) is 110 cm³/mol. The summed E-state index contributed by atoms with van der Waals surface area (Å²) in [6.45, 7) is 1.19. The van der Waals surface area contributed by atoms with E-state index >= 15 is 0 Å². The zero-order valence-corrected chi connectivity index (χ0v) is 16.2. The van der Waals surface area contributed by atoms with Crippen molar-refractivity contribution in [2.45, 2.75) is 13.1 Å². The van der Waals surface area contributed by atoms with E-state index in [0.29, 0.717) is 18.2 Å².